The summed E-state index contributed by atoms with van der Waals surface area (Å²) < 4.78 is 14.9. The van der Waals surface area contributed by atoms with E-state index in [4.69, 9.17) is 14.2 Å². The van der Waals surface area contributed by atoms with Crippen LogP contribution in [-0.4, -0.2) is 64.4 Å². The molecule has 8 nitrogen and oxygen atoms in total. The highest BCUT2D eigenvalue weighted by Crippen LogP contribution is 2.29. The average molecular weight is 421 g/mol. The number of hydrogen-bond donors (Lipinski definition) is 1. The first kappa shape index (κ1) is 22.5. The van der Waals surface area contributed by atoms with Crippen molar-refractivity contribution in [2.45, 2.75) is 31.7 Å². The summed E-state index contributed by atoms with van der Waals surface area (Å²) in [5, 5.41) is 2.58. The zero-order valence-corrected chi connectivity index (χ0v) is 18.7. The molecule has 0 saturated heterocycles. The van der Waals surface area contributed by atoms with Crippen molar-refractivity contribution >= 4 is 26.0 Å². The van der Waals surface area contributed by atoms with Crippen LogP contribution in [0, 0.1) is 0 Å². The van der Waals surface area contributed by atoms with E-state index < -0.39 is 25.7 Å². The zero-order valence-electron chi connectivity index (χ0n) is 17.7. The Kier molecular flexibility index (Phi) is 6.73. The van der Waals surface area contributed by atoms with Gasteiger partial charge >= 0.3 is 12.1 Å². The lowest BCUT2D eigenvalue weighted by Crippen LogP contribution is -2.60. The van der Waals surface area contributed by atoms with Gasteiger partial charge in [-0.3, -0.25) is 4.79 Å². The van der Waals surface area contributed by atoms with E-state index in [0.29, 0.717) is 17.9 Å². The van der Waals surface area contributed by atoms with Gasteiger partial charge in [-0.05, 0) is 17.7 Å². The second-order valence-corrected chi connectivity index (χ2v) is 13.0. The number of carbonyl (C=O) groups excluding carboxylic acids is 3. The Labute approximate surface area is 171 Å². The molecule has 1 heterocycles. The van der Waals surface area contributed by atoms with E-state index in [-0.39, 0.29) is 12.5 Å². The van der Waals surface area contributed by atoms with Gasteiger partial charge in [0.15, 0.2) is 5.54 Å². The molecular weight excluding hydrogens is 392 g/mol. The molecule has 29 heavy (non-hydrogen) atoms. The van der Waals surface area contributed by atoms with E-state index in [1.165, 1.54) is 26.2 Å². The third-order valence-electron chi connectivity index (χ3n) is 4.56. The molecule has 1 aliphatic heterocycles. The van der Waals surface area contributed by atoms with E-state index in [2.05, 4.69) is 25.0 Å². The van der Waals surface area contributed by atoms with Gasteiger partial charge in [-0.25, -0.2) is 9.59 Å². The Morgan fingerprint density at radius 2 is 1.90 bits per heavy atom. The summed E-state index contributed by atoms with van der Waals surface area (Å²) in [6.07, 6.45) is 0.834. The quantitative estimate of drug-likeness (QED) is 0.538. The fourth-order valence-corrected chi connectivity index (χ4v) is 3.81. The average Bonchev–Trinajstić information content (AvgIpc) is 2.99. The number of amides is 2. The molecule has 0 bridgehead atoms. The van der Waals surface area contributed by atoms with E-state index in [1.807, 2.05) is 11.8 Å². The summed E-state index contributed by atoms with van der Waals surface area (Å²) in [7, 11) is 2.25. The number of nitrogens with one attached hydrogen (secondary N) is 1. The normalized spacial score (nSPS) is 15.7. The Balaban J connectivity index is 2.43. The summed E-state index contributed by atoms with van der Waals surface area (Å²) in [6, 6.07) is 5.27. The molecule has 1 N–H and O–H groups in total. The number of nitrogens with zero attached hydrogens (tertiary/aromatic N) is 1. The molecule has 1 aliphatic rings. The first-order valence-corrected chi connectivity index (χ1v) is 12.7. The second-order valence-electron chi connectivity index (χ2n) is 7.96. The molecule has 0 radical (unpaired) electrons. The molecule has 2 rings (SSSR count). The van der Waals surface area contributed by atoms with Crippen molar-refractivity contribution in [1.82, 2.24) is 10.2 Å². The van der Waals surface area contributed by atoms with Gasteiger partial charge in [0.05, 0.1) is 35.9 Å². The van der Waals surface area contributed by atoms with Crippen LogP contribution in [0.1, 0.15) is 15.9 Å². The number of fused-ring (bicyclic) bond motifs is 1. The van der Waals surface area contributed by atoms with Crippen LogP contribution in [-0.2, 0) is 20.8 Å². The van der Waals surface area contributed by atoms with Gasteiger partial charge in [-0.1, -0.05) is 37.5 Å². The van der Waals surface area contributed by atoms with E-state index in [1.54, 1.807) is 18.2 Å². The number of alkyl carbamates (subject to hydrolysis) is 1. The number of methoxy groups -OCH3 is 3. The molecule has 1 aromatic rings. The van der Waals surface area contributed by atoms with Gasteiger partial charge in [0, 0.05) is 12.1 Å². The van der Waals surface area contributed by atoms with Crippen molar-refractivity contribution in [3.8, 4) is 5.75 Å². The molecule has 0 spiro atoms. The minimum absolute atomic E-state index is 0.0917. The molecule has 0 fully saturated rings. The summed E-state index contributed by atoms with van der Waals surface area (Å²) in [6.45, 7) is 6.48. The molecular formula is C20H28N2O6Si. The molecule has 0 aromatic heterocycles. The Morgan fingerprint density at radius 1 is 1.21 bits per heavy atom. The number of esters is 1. The zero-order chi connectivity index (χ0) is 21.8. The molecule has 9 heteroatoms. The van der Waals surface area contributed by atoms with Gasteiger partial charge < -0.3 is 24.4 Å². The Morgan fingerprint density at radius 3 is 2.45 bits per heavy atom. The fourth-order valence-electron chi connectivity index (χ4n) is 3.02. The first-order valence-electron chi connectivity index (χ1n) is 9.16. The predicted octanol–water partition coefficient (Wildman–Crippen LogP) is 2.35. The van der Waals surface area contributed by atoms with Gasteiger partial charge in [0.25, 0.3) is 5.91 Å². The van der Waals surface area contributed by atoms with Crippen LogP contribution >= 0.6 is 0 Å². The second kappa shape index (κ2) is 8.69. The number of rotatable bonds is 7. The summed E-state index contributed by atoms with van der Waals surface area (Å²) in [4.78, 5) is 39.3. The summed E-state index contributed by atoms with van der Waals surface area (Å²) >= 11 is 0. The highest BCUT2D eigenvalue weighted by Gasteiger charge is 2.44. The first-order chi connectivity index (χ1) is 13.5. The molecule has 0 unspecified atom stereocenters. The number of carbonyl (C=O) groups is 3. The molecule has 2 amide bonds. The summed E-state index contributed by atoms with van der Waals surface area (Å²) in [5.74, 6) is -0.358. The van der Waals surface area contributed by atoms with Crippen molar-refractivity contribution in [3.63, 3.8) is 0 Å². The topological polar surface area (TPSA) is 94.2 Å². The van der Waals surface area contributed by atoms with Gasteiger partial charge in [-0.2, -0.15) is 0 Å². The van der Waals surface area contributed by atoms with Gasteiger partial charge in [-0.15, -0.1) is 0 Å². The highest BCUT2D eigenvalue weighted by atomic mass is 28.3. The minimum Gasteiger partial charge on any atom is -0.497 e. The van der Waals surface area contributed by atoms with Crippen LogP contribution in [0.2, 0.25) is 19.6 Å². The molecule has 158 valence electrons. The van der Waals surface area contributed by atoms with E-state index in [0.717, 1.165) is 5.56 Å². The monoisotopic (exact) mass is 420 g/mol. The largest absolute Gasteiger partial charge is 0.497 e. The van der Waals surface area contributed by atoms with Crippen molar-refractivity contribution in [2.75, 3.05) is 27.9 Å². The molecule has 1 aromatic carbocycles. The summed E-state index contributed by atoms with van der Waals surface area (Å²) in [5.41, 5.74) is 1.69. The van der Waals surface area contributed by atoms with E-state index in [9.17, 15) is 14.4 Å². The van der Waals surface area contributed by atoms with Crippen molar-refractivity contribution in [2.24, 2.45) is 0 Å². The third-order valence-corrected chi connectivity index (χ3v) is 5.73. The lowest BCUT2D eigenvalue weighted by Gasteiger charge is -2.33. The fraction of sp³-hybridized carbons (Fsp3) is 0.450. The molecule has 0 saturated carbocycles. The van der Waals surface area contributed by atoms with Crippen LogP contribution in [0.3, 0.4) is 0 Å². The van der Waals surface area contributed by atoms with Crippen molar-refractivity contribution in [1.29, 1.82) is 0 Å². The maximum absolute atomic E-state index is 13.0. The standard InChI is InChI=1S/C20H28N2O6Si/c1-26-15-8-7-14-12-22(17(23)16(14)11-15)13-20(18(24)27-2,21-19(25)28-3)9-10-29(4,5)6/h7-11H,12-13H2,1-6H3,(H,21,25)/t20-/m1/s1. The number of hydrogen-bond acceptors (Lipinski definition) is 6. The highest BCUT2D eigenvalue weighted by molar-refractivity contribution is 6.81. The van der Waals surface area contributed by atoms with Crippen LogP contribution < -0.4 is 10.1 Å². The van der Waals surface area contributed by atoms with E-state index >= 15 is 0 Å². The molecule has 1 atom stereocenters. The lowest BCUT2D eigenvalue weighted by molar-refractivity contribution is -0.146. The predicted molar refractivity (Wildman–Crippen MR) is 111 cm³/mol. The van der Waals surface area contributed by atoms with Crippen LogP contribution in [0.25, 0.3) is 0 Å². The van der Waals surface area contributed by atoms with Crippen LogP contribution in [0.5, 0.6) is 5.75 Å². The maximum atomic E-state index is 13.0. The SMILES string of the molecule is COC(=O)N[C@](C=C[Si](C)(C)C)(CN1Cc2ccc(OC)cc2C1=O)C(=O)OC. The van der Waals surface area contributed by atoms with Gasteiger partial charge in [0.2, 0.25) is 0 Å². The Bertz CT molecular complexity index is 833. The maximum Gasteiger partial charge on any atom is 0.408 e. The van der Waals surface area contributed by atoms with Crippen molar-refractivity contribution < 1.29 is 28.6 Å². The Hall–Kier alpha value is -2.81. The lowest BCUT2D eigenvalue weighted by atomic mass is 9.99. The van der Waals surface area contributed by atoms with Crippen LogP contribution in [0.15, 0.2) is 30.0 Å². The minimum atomic E-state index is -1.74. The third kappa shape index (κ3) is 5.17. The van der Waals surface area contributed by atoms with Crippen molar-refractivity contribution in [3.05, 3.63) is 41.1 Å². The molecule has 0 aliphatic carbocycles. The number of benzene rings is 1. The van der Waals surface area contributed by atoms with Gasteiger partial charge in [0.1, 0.15) is 5.75 Å². The number of ether oxygens (including phenoxy) is 3. The smallest absolute Gasteiger partial charge is 0.408 e. The van der Waals surface area contributed by atoms with Crippen LogP contribution in [0.4, 0.5) is 4.79 Å².